The van der Waals surface area contributed by atoms with E-state index in [0.717, 1.165) is 34.8 Å². The number of allylic oxidation sites excluding steroid dienone is 2. The van der Waals surface area contributed by atoms with Crippen LogP contribution in [-0.4, -0.2) is 53.9 Å². The van der Waals surface area contributed by atoms with Crippen molar-refractivity contribution in [2.45, 2.75) is 59.0 Å². The van der Waals surface area contributed by atoms with Crippen LogP contribution in [0, 0.1) is 27.2 Å². The van der Waals surface area contributed by atoms with Crippen molar-refractivity contribution in [1.82, 2.24) is 0 Å². The molecule has 2 amide bonds. The number of imide groups is 1. The van der Waals surface area contributed by atoms with Crippen LogP contribution in [0.25, 0.3) is 6.08 Å². The van der Waals surface area contributed by atoms with E-state index in [1.165, 1.54) is 27.7 Å². The van der Waals surface area contributed by atoms with E-state index in [9.17, 15) is 24.7 Å². The molecular weight excluding hydrogens is 660 g/mol. The summed E-state index contributed by atoms with van der Waals surface area (Å²) in [7, 11) is -0.140. The fraction of sp³-hybridized carbons (Fsp3) is 0.455. The summed E-state index contributed by atoms with van der Waals surface area (Å²) < 4.78 is 12.5. The van der Waals surface area contributed by atoms with Gasteiger partial charge < -0.3 is 24.6 Å². The fourth-order valence-electron chi connectivity index (χ4n) is 7.01. The molecule has 0 aromatic heterocycles. The van der Waals surface area contributed by atoms with Crippen LogP contribution in [0.2, 0.25) is 0 Å². The molecule has 0 spiro atoms. The molecule has 3 N–H and O–H groups in total. The number of nitrogens with zero attached hydrogens (tertiary/aromatic N) is 1. The van der Waals surface area contributed by atoms with Gasteiger partial charge in [-0.1, -0.05) is 56.5 Å². The molecule has 8 nitrogen and oxygen atoms in total. The number of anilines is 1. The van der Waals surface area contributed by atoms with E-state index in [4.69, 9.17) is 9.47 Å². The monoisotopic (exact) mass is 699 g/mol. The van der Waals surface area contributed by atoms with Gasteiger partial charge in [-0.05, 0) is 95.1 Å². The van der Waals surface area contributed by atoms with Crippen molar-refractivity contribution >= 4 is 58.7 Å². The van der Waals surface area contributed by atoms with Crippen molar-refractivity contribution in [1.29, 1.82) is 0 Å². The van der Waals surface area contributed by atoms with E-state index in [2.05, 4.69) is 49.4 Å². The van der Waals surface area contributed by atoms with Crippen LogP contribution in [0.4, 0.5) is 5.69 Å². The van der Waals surface area contributed by atoms with Gasteiger partial charge in [-0.25, -0.2) is 0 Å². The van der Waals surface area contributed by atoms with E-state index >= 15 is 0 Å². The van der Waals surface area contributed by atoms with Gasteiger partial charge in [0.1, 0.15) is 0 Å². The Kier molecular flexibility index (Phi) is 9.70. The third-order valence-electron chi connectivity index (χ3n) is 9.01. The molecule has 10 heteroatoms. The highest BCUT2D eigenvalue weighted by molar-refractivity contribution is 14.1. The minimum atomic E-state index is -1.69. The highest BCUT2D eigenvalue weighted by Gasteiger charge is 2.57. The Bertz CT molecular complexity index is 1470. The van der Waals surface area contributed by atoms with Crippen molar-refractivity contribution in [3.8, 4) is 11.5 Å². The average Bonchev–Trinajstić information content (AvgIpc) is 3.51. The topological polar surface area (TPSA) is 117 Å². The summed E-state index contributed by atoms with van der Waals surface area (Å²) in [6.45, 7) is 6.84. The molecule has 1 aliphatic carbocycles. The number of phenolic OH excluding ortho intramolecular Hbond substituents is 1. The number of methoxy groups -OCH3 is 1. The van der Waals surface area contributed by atoms with Crippen LogP contribution in [0.5, 0.6) is 11.5 Å². The maximum atomic E-state index is 13.9. The van der Waals surface area contributed by atoms with Crippen LogP contribution in [0.3, 0.4) is 0 Å². The lowest BCUT2D eigenvalue weighted by Gasteiger charge is -2.33. The molecule has 2 aliphatic heterocycles. The quantitative estimate of drug-likeness (QED) is 0.141. The second-order valence-electron chi connectivity index (χ2n) is 12.0. The molecule has 0 saturated carbocycles. The molecule has 0 unspecified atom stereocenters. The number of benzene rings is 2. The maximum absolute atomic E-state index is 13.9. The van der Waals surface area contributed by atoms with Gasteiger partial charge in [0.15, 0.2) is 11.5 Å². The molecule has 5 rings (SSSR count). The lowest BCUT2D eigenvalue weighted by Crippen LogP contribution is -2.36. The van der Waals surface area contributed by atoms with E-state index in [1.807, 2.05) is 12.1 Å². The summed E-state index contributed by atoms with van der Waals surface area (Å²) in [5.74, 6) is -0.766. The smallest absolute Gasteiger partial charge is 0.488 e. The number of amides is 2. The number of aromatic hydroxyl groups is 1. The Morgan fingerprint density at radius 2 is 1.93 bits per heavy atom. The molecule has 43 heavy (non-hydrogen) atoms. The van der Waals surface area contributed by atoms with Gasteiger partial charge in [0.25, 0.3) is 0 Å². The number of rotatable bonds is 10. The zero-order valence-corrected chi connectivity index (χ0v) is 27.2. The lowest BCUT2D eigenvalue weighted by atomic mass is 9.67. The van der Waals surface area contributed by atoms with Crippen LogP contribution in [0.15, 0.2) is 53.1 Å². The van der Waals surface area contributed by atoms with Crippen molar-refractivity contribution in [3.05, 3.63) is 62.3 Å². The molecule has 0 bridgehead atoms. The molecular formula is C33H39BINO7. The number of ether oxygens (including phenoxy) is 2. The average molecular weight is 699 g/mol. The third kappa shape index (κ3) is 6.16. The Hall–Kier alpha value is -2.67. The summed E-state index contributed by atoms with van der Waals surface area (Å²) >= 11 is 2.11. The first-order chi connectivity index (χ1) is 20.5. The van der Waals surface area contributed by atoms with Crippen molar-refractivity contribution in [2.24, 2.45) is 23.7 Å². The predicted molar refractivity (Wildman–Crippen MR) is 175 cm³/mol. The minimum Gasteiger partial charge on any atom is -0.504 e. The molecule has 2 aromatic rings. The van der Waals surface area contributed by atoms with Crippen LogP contribution in [0.1, 0.15) is 58.4 Å². The maximum Gasteiger partial charge on any atom is 0.488 e. The number of hydrogen-bond acceptors (Lipinski definition) is 7. The Morgan fingerprint density at radius 3 is 2.60 bits per heavy atom. The van der Waals surface area contributed by atoms with Gasteiger partial charge in [-0.2, -0.15) is 0 Å². The summed E-state index contributed by atoms with van der Waals surface area (Å²) in [4.78, 5) is 28.8. The summed E-state index contributed by atoms with van der Waals surface area (Å²) in [5, 5.41) is 29.6. The van der Waals surface area contributed by atoms with Crippen LogP contribution < -0.4 is 15.1 Å². The van der Waals surface area contributed by atoms with Gasteiger partial charge in [-0.3, -0.25) is 14.5 Å². The zero-order chi connectivity index (χ0) is 31.0. The second kappa shape index (κ2) is 13.1. The Balaban J connectivity index is 1.40. The summed E-state index contributed by atoms with van der Waals surface area (Å²) in [5.41, 5.74) is 5.26. The third-order valence-corrected chi connectivity index (χ3v) is 9.83. The zero-order valence-electron chi connectivity index (χ0n) is 25.0. The molecule has 2 fully saturated rings. The van der Waals surface area contributed by atoms with Gasteiger partial charge in [0, 0.05) is 5.92 Å². The summed E-state index contributed by atoms with van der Waals surface area (Å²) in [6, 6.07) is 10.1. The van der Waals surface area contributed by atoms with Gasteiger partial charge in [-0.15, -0.1) is 0 Å². The van der Waals surface area contributed by atoms with Crippen molar-refractivity contribution in [3.63, 3.8) is 0 Å². The lowest BCUT2D eigenvalue weighted by molar-refractivity contribution is -0.122. The number of carbonyl (C=O) groups excluding carboxylic acids is 2. The minimum absolute atomic E-state index is 0.122. The Morgan fingerprint density at radius 1 is 1.16 bits per heavy atom. The first-order valence-electron chi connectivity index (χ1n) is 15.0. The van der Waals surface area contributed by atoms with Crippen LogP contribution >= 0.6 is 22.6 Å². The number of hydrogen-bond donors (Lipinski definition) is 3. The second-order valence-corrected chi connectivity index (χ2v) is 13.2. The van der Waals surface area contributed by atoms with E-state index in [0.29, 0.717) is 24.5 Å². The van der Waals surface area contributed by atoms with E-state index in [1.54, 1.807) is 25.3 Å². The van der Waals surface area contributed by atoms with Gasteiger partial charge >= 0.3 is 7.12 Å². The number of halogens is 1. The largest absolute Gasteiger partial charge is 0.504 e. The molecule has 2 aromatic carbocycles. The molecule has 0 radical (unpaired) electrons. The highest BCUT2D eigenvalue weighted by Crippen LogP contribution is 2.52. The number of carbonyl (C=O) groups is 2. The van der Waals surface area contributed by atoms with Crippen LogP contribution in [-0.2, 0) is 14.3 Å². The fourth-order valence-corrected chi connectivity index (χ4v) is 7.64. The van der Waals surface area contributed by atoms with E-state index < -0.39 is 19.0 Å². The number of phenols is 1. The first kappa shape index (κ1) is 31.8. The molecule has 228 valence electrons. The molecule has 2 heterocycles. The SMILES string of the molecule is CCC/C(=C\c1cc(I)c(O)c(OC)c1)CC[C@H]1OC[C@H]2C1=C(C(C)C)C[C@H]1C(=O)N(c3cccc(B(O)O)c3)C(=O)[C@H]12. The van der Waals surface area contributed by atoms with Gasteiger partial charge in [0.05, 0.1) is 40.9 Å². The molecule has 4 atom stereocenters. The summed E-state index contributed by atoms with van der Waals surface area (Å²) in [6.07, 6.45) is 6.10. The van der Waals surface area contributed by atoms with Crippen molar-refractivity contribution < 1.29 is 34.2 Å². The van der Waals surface area contributed by atoms with E-state index in [-0.39, 0.29) is 41.0 Å². The van der Waals surface area contributed by atoms with Gasteiger partial charge in [0.2, 0.25) is 11.8 Å². The molecule has 3 aliphatic rings. The van der Waals surface area contributed by atoms with Crippen molar-refractivity contribution in [2.75, 3.05) is 18.6 Å². The number of fused-ring (bicyclic) bond motifs is 3. The standard InChI is InChI=1S/C33H39BINO7/c1-5-7-19(12-20-13-26(35)31(37)28(14-20)42-4)10-11-27-29-23(18(2)3)16-24-30(25(29)17-43-27)33(39)36(32(24)38)22-9-6-8-21(15-22)34(40)41/h6,8-9,12-15,18,24-25,27,30,37,40-41H,5,7,10-11,16-17H2,1-4H3/b19-12+/t24-,25+,27-,30-/m1/s1. The highest BCUT2D eigenvalue weighted by atomic mass is 127. The Labute approximate surface area is 267 Å². The predicted octanol–water partition coefficient (Wildman–Crippen LogP) is 4.83. The first-order valence-corrected chi connectivity index (χ1v) is 16.1. The molecule has 2 saturated heterocycles. The normalized spacial score (nSPS) is 23.7.